The highest BCUT2D eigenvalue weighted by Crippen LogP contribution is 2.19. The zero-order chi connectivity index (χ0) is 18.1. The van der Waals surface area contributed by atoms with Crippen LogP contribution in [-0.2, 0) is 6.54 Å². The molecule has 134 valence electrons. The molecule has 0 aliphatic carbocycles. The number of H-pyrrole nitrogens is 1. The van der Waals surface area contributed by atoms with Crippen molar-refractivity contribution >= 4 is 16.9 Å². The number of pyridine rings is 1. The first kappa shape index (κ1) is 17.5. The number of benzene rings is 1. The summed E-state index contributed by atoms with van der Waals surface area (Å²) in [4.78, 5) is 33.2. The van der Waals surface area contributed by atoms with Crippen LogP contribution in [-0.4, -0.2) is 66.0 Å². The van der Waals surface area contributed by atoms with Gasteiger partial charge >= 0.3 is 6.03 Å². The van der Waals surface area contributed by atoms with Crippen molar-refractivity contribution in [3.8, 4) is 0 Å². The van der Waals surface area contributed by atoms with Crippen molar-refractivity contribution in [2.45, 2.75) is 20.4 Å². The lowest BCUT2D eigenvalue weighted by atomic mass is 10.0. The first-order valence-corrected chi connectivity index (χ1v) is 8.67. The molecule has 2 heterocycles. The van der Waals surface area contributed by atoms with E-state index in [-0.39, 0.29) is 11.6 Å². The molecular formula is C19H26N4O2. The van der Waals surface area contributed by atoms with E-state index in [0.29, 0.717) is 19.6 Å². The maximum absolute atomic E-state index is 12.5. The molecule has 1 N–H and O–H groups in total. The number of aromatic amines is 1. The van der Waals surface area contributed by atoms with Gasteiger partial charge in [0.15, 0.2) is 0 Å². The number of fused-ring (bicyclic) bond motifs is 1. The third-order valence-corrected chi connectivity index (χ3v) is 5.05. The highest BCUT2D eigenvalue weighted by Gasteiger charge is 2.22. The fourth-order valence-corrected chi connectivity index (χ4v) is 3.31. The zero-order valence-corrected chi connectivity index (χ0v) is 15.4. The number of nitrogens with one attached hydrogen (secondary N) is 1. The Kier molecular flexibility index (Phi) is 4.81. The molecule has 0 radical (unpaired) electrons. The number of carbonyl (C=O) groups is 1. The minimum absolute atomic E-state index is 0.0204. The fraction of sp³-hybridized carbons (Fsp3) is 0.474. The maximum atomic E-state index is 12.5. The average Bonchev–Trinajstić information content (AvgIpc) is 2.60. The molecule has 25 heavy (non-hydrogen) atoms. The second-order valence-electron chi connectivity index (χ2n) is 7.04. The van der Waals surface area contributed by atoms with Gasteiger partial charge in [0.1, 0.15) is 0 Å². The van der Waals surface area contributed by atoms with Crippen LogP contribution in [0.4, 0.5) is 4.79 Å². The molecule has 0 spiro atoms. The predicted octanol–water partition coefficient (Wildman–Crippen LogP) is 1.94. The van der Waals surface area contributed by atoms with Gasteiger partial charge in [-0.2, -0.15) is 0 Å². The predicted molar refractivity (Wildman–Crippen MR) is 100.0 cm³/mol. The summed E-state index contributed by atoms with van der Waals surface area (Å²) in [7, 11) is 3.54. The van der Waals surface area contributed by atoms with E-state index < -0.39 is 0 Å². The number of hydrogen-bond acceptors (Lipinski definition) is 3. The van der Waals surface area contributed by atoms with Gasteiger partial charge in [-0.1, -0.05) is 12.1 Å². The lowest BCUT2D eigenvalue weighted by molar-refractivity contribution is 0.120. The van der Waals surface area contributed by atoms with Gasteiger partial charge in [0.2, 0.25) is 0 Å². The maximum Gasteiger partial charge on any atom is 0.319 e. The van der Waals surface area contributed by atoms with E-state index in [1.165, 1.54) is 5.56 Å². The summed E-state index contributed by atoms with van der Waals surface area (Å²) >= 11 is 0. The molecular weight excluding hydrogens is 316 g/mol. The van der Waals surface area contributed by atoms with Gasteiger partial charge in [0.05, 0.1) is 5.52 Å². The van der Waals surface area contributed by atoms with Crippen LogP contribution in [0, 0.1) is 13.8 Å². The molecule has 1 aliphatic rings. The summed E-state index contributed by atoms with van der Waals surface area (Å²) in [6.45, 7) is 7.65. The highest BCUT2D eigenvalue weighted by atomic mass is 16.2. The fourth-order valence-electron chi connectivity index (χ4n) is 3.31. The lowest BCUT2D eigenvalue weighted by Gasteiger charge is -2.35. The average molecular weight is 342 g/mol. The smallest absolute Gasteiger partial charge is 0.319 e. The largest absolute Gasteiger partial charge is 0.331 e. The number of carbonyl (C=O) groups excluding carboxylic acids is 1. The van der Waals surface area contributed by atoms with Crippen LogP contribution in [0.5, 0.6) is 0 Å². The van der Waals surface area contributed by atoms with Crippen LogP contribution in [0.3, 0.4) is 0 Å². The van der Waals surface area contributed by atoms with E-state index in [4.69, 9.17) is 0 Å². The number of aryl methyl sites for hydroxylation is 2. The quantitative estimate of drug-likeness (QED) is 0.907. The minimum atomic E-state index is -0.0204. The number of rotatable bonds is 2. The molecule has 1 aromatic carbocycles. The molecule has 0 saturated carbocycles. The molecule has 6 heteroatoms. The lowest BCUT2D eigenvalue weighted by Crippen LogP contribution is -2.51. The Labute approximate surface area is 148 Å². The molecule has 0 bridgehead atoms. The summed E-state index contributed by atoms with van der Waals surface area (Å²) in [5.74, 6) is 0. The Hall–Kier alpha value is -2.34. The summed E-state index contributed by atoms with van der Waals surface area (Å²) in [5.41, 5.74) is 3.99. The molecule has 0 atom stereocenters. The van der Waals surface area contributed by atoms with E-state index in [0.717, 1.165) is 35.1 Å². The molecule has 1 saturated heterocycles. The molecule has 2 aromatic rings. The topological polar surface area (TPSA) is 59.6 Å². The van der Waals surface area contributed by atoms with E-state index in [1.807, 2.05) is 17.9 Å². The SMILES string of the molecule is Cc1ccc2cc(CN3CCN(C(=O)N(C)C)CC3)c(=O)[nH]c2c1C. The Morgan fingerprint density at radius 3 is 2.48 bits per heavy atom. The summed E-state index contributed by atoms with van der Waals surface area (Å²) < 4.78 is 0. The van der Waals surface area contributed by atoms with Crippen molar-refractivity contribution in [3.63, 3.8) is 0 Å². The van der Waals surface area contributed by atoms with Crippen LogP contribution in [0.1, 0.15) is 16.7 Å². The molecule has 1 aromatic heterocycles. The van der Waals surface area contributed by atoms with Gasteiger partial charge in [-0.3, -0.25) is 9.69 Å². The third kappa shape index (κ3) is 3.54. The third-order valence-electron chi connectivity index (χ3n) is 5.05. The van der Waals surface area contributed by atoms with Gasteiger partial charge in [-0.25, -0.2) is 4.79 Å². The van der Waals surface area contributed by atoms with E-state index in [1.54, 1.807) is 19.0 Å². The second-order valence-corrected chi connectivity index (χ2v) is 7.04. The monoisotopic (exact) mass is 342 g/mol. The van der Waals surface area contributed by atoms with Crippen molar-refractivity contribution in [2.75, 3.05) is 40.3 Å². The van der Waals surface area contributed by atoms with Crippen LogP contribution in [0.25, 0.3) is 10.9 Å². The van der Waals surface area contributed by atoms with Crippen molar-refractivity contribution in [1.82, 2.24) is 19.7 Å². The number of aromatic nitrogens is 1. The van der Waals surface area contributed by atoms with Crippen LogP contribution in [0.2, 0.25) is 0 Å². The van der Waals surface area contributed by atoms with E-state index >= 15 is 0 Å². The number of piperazine rings is 1. The second kappa shape index (κ2) is 6.88. The number of nitrogens with zero attached hydrogens (tertiary/aromatic N) is 3. The Morgan fingerprint density at radius 2 is 1.84 bits per heavy atom. The summed E-state index contributed by atoms with van der Waals surface area (Å²) in [6.07, 6.45) is 0. The first-order valence-electron chi connectivity index (χ1n) is 8.67. The van der Waals surface area contributed by atoms with Crippen molar-refractivity contribution in [2.24, 2.45) is 0 Å². The number of hydrogen-bond donors (Lipinski definition) is 1. The standard InChI is InChI=1S/C19H26N4O2/c1-13-5-6-15-11-16(18(24)20-17(15)14(13)2)12-22-7-9-23(10-8-22)19(25)21(3)4/h5-6,11H,7-10,12H2,1-4H3,(H,20,24). The molecule has 2 amide bonds. The normalized spacial score (nSPS) is 15.6. The van der Waals surface area contributed by atoms with Crippen LogP contribution < -0.4 is 5.56 Å². The molecule has 6 nitrogen and oxygen atoms in total. The van der Waals surface area contributed by atoms with Gasteiger partial charge < -0.3 is 14.8 Å². The highest BCUT2D eigenvalue weighted by molar-refractivity contribution is 5.83. The summed E-state index contributed by atoms with van der Waals surface area (Å²) in [6, 6.07) is 6.20. The van der Waals surface area contributed by atoms with E-state index in [2.05, 4.69) is 28.9 Å². The van der Waals surface area contributed by atoms with Crippen molar-refractivity contribution in [3.05, 3.63) is 45.2 Å². The Morgan fingerprint density at radius 1 is 1.16 bits per heavy atom. The van der Waals surface area contributed by atoms with Gasteiger partial charge in [-0.05, 0) is 36.4 Å². The zero-order valence-electron chi connectivity index (χ0n) is 15.4. The Bertz CT molecular complexity index is 848. The van der Waals surface area contributed by atoms with Gasteiger partial charge in [-0.15, -0.1) is 0 Å². The molecule has 1 aliphatic heterocycles. The Balaban J connectivity index is 1.74. The van der Waals surface area contributed by atoms with Crippen molar-refractivity contribution < 1.29 is 4.79 Å². The molecule has 1 fully saturated rings. The van der Waals surface area contributed by atoms with Gasteiger partial charge in [0.25, 0.3) is 5.56 Å². The number of amides is 2. The van der Waals surface area contributed by atoms with Crippen LogP contribution in [0.15, 0.2) is 23.0 Å². The minimum Gasteiger partial charge on any atom is -0.331 e. The van der Waals surface area contributed by atoms with Crippen molar-refractivity contribution in [1.29, 1.82) is 0 Å². The van der Waals surface area contributed by atoms with Gasteiger partial charge in [0, 0.05) is 52.4 Å². The summed E-state index contributed by atoms with van der Waals surface area (Å²) in [5, 5.41) is 1.07. The number of urea groups is 1. The van der Waals surface area contributed by atoms with Crippen LogP contribution >= 0.6 is 0 Å². The molecule has 3 rings (SSSR count). The molecule has 0 unspecified atom stereocenters. The van der Waals surface area contributed by atoms with E-state index in [9.17, 15) is 9.59 Å². The first-order chi connectivity index (χ1) is 11.9.